The third-order valence-corrected chi connectivity index (χ3v) is 3.10. The summed E-state index contributed by atoms with van der Waals surface area (Å²) in [5.74, 6) is -0.0718. The van der Waals surface area contributed by atoms with Crippen LogP contribution >= 0.6 is 23.2 Å². The Morgan fingerprint density at radius 2 is 1.72 bits per heavy atom. The molecule has 1 aromatic heterocycles. The number of urea groups is 1. The van der Waals surface area contributed by atoms with Gasteiger partial charge in [-0.25, -0.2) is 14.8 Å². The number of halogens is 5. The molecule has 1 aromatic carbocycles. The van der Waals surface area contributed by atoms with Crippen molar-refractivity contribution in [1.82, 2.24) is 9.97 Å². The number of nitrogens with zero attached hydrogens (tertiary/aromatic N) is 2. The van der Waals surface area contributed by atoms with E-state index in [1.807, 2.05) is 13.8 Å². The summed E-state index contributed by atoms with van der Waals surface area (Å²) in [5, 5.41) is 4.17. The molecule has 0 unspecified atom stereocenters. The molecule has 25 heavy (non-hydrogen) atoms. The number of alkyl halides is 3. The molecule has 5 nitrogen and oxygen atoms in total. The summed E-state index contributed by atoms with van der Waals surface area (Å²) in [6.45, 7) is 5.64. The molecule has 0 aliphatic rings. The van der Waals surface area contributed by atoms with Gasteiger partial charge in [0.05, 0.1) is 10.6 Å². The van der Waals surface area contributed by atoms with Crippen molar-refractivity contribution >= 4 is 40.9 Å². The van der Waals surface area contributed by atoms with E-state index in [4.69, 9.17) is 23.2 Å². The van der Waals surface area contributed by atoms with Crippen molar-refractivity contribution in [3.63, 3.8) is 0 Å². The zero-order valence-corrected chi connectivity index (χ0v) is 15.0. The maximum absolute atomic E-state index is 12.8. The monoisotopic (exact) mass is 394 g/mol. The summed E-state index contributed by atoms with van der Waals surface area (Å²) in [5.41, 5.74) is -0.615. The first-order chi connectivity index (χ1) is 11.6. The Balaban J connectivity index is 0.00000151. The van der Waals surface area contributed by atoms with Gasteiger partial charge in [0.1, 0.15) is 5.15 Å². The average Bonchev–Trinajstić information content (AvgIpc) is 2.49. The van der Waals surface area contributed by atoms with Crippen molar-refractivity contribution < 1.29 is 18.0 Å². The summed E-state index contributed by atoms with van der Waals surface area (Å²) in [6, 6.07) is 3.68. The van der Waals surface area contributed by atoms with E-state index in [1.54, 1.807) is 6.92 Å². The zero-order chi connectivity index (χ0) is 19.2. The third kappa shape index (κ3) is 6.39. The lowest BCUT2D eigenvalue weighted by molar-refractivity contribution is -0.137. The van der Waals surface area contributed by atoms with Crippen LogP contribution in [0.25, 0.3) is 0 Å². The fraction of sp³-hybridized carbons (Fsp3) is 0.267. The molecule has 0 spiro atoms. The Hall–Kier alpha value is -2.06. The number of hydrogen-bond donors (Lipinski definition) is 2. The van der Waals surface area contributed by atoms with Crippen LogP contribution < -0.4 is 10.6 Å². The molecule has 0 atom stereocenters. The second kappa shape index (κ2) is 8.87. The number of benzene rings is 1. The van der Waals surface area contributed by atoms with Gasteiger partial charge in [-0.3, -0.25) is 5.32 Å². The fourth-order valence-electron chi connectivity index (χ4n) is 1.67. The van der Waals surface area contributed by atoms with Gasteiger partial charge in [0.2, 0.25) is 5.95 Å². The van der Waals surface area contributed by atoms with Crippen LogP contribution in [-0.2, 0) is 6.18 Å². The van der Waals surface area contributed by atoms with Gasteiger partial charge in [0.15, 0.2) is 0 Å². The van der Waals surface area contributed by atoms with Gasteiger partial charge in [0, 0.05) is 11.4 Å². The van der Waals surface area contributed by atoms with E-state index in [9.17, 15) is 18.0 Å². The van der Waals surface area contributed by atoms with Gasteiger partial charge >= 0.3 is 12.2 Å². The summed E-state index contributed by atoms with van der Waals surface area (Å²) in [4.78, 5) is 19.5. The van der Waals surface area contributed by atoms with Crippen molar-refractivity contribution in [2.24, 2.45) is 0 Å². The van der Waals surface area contributed by atoms with Crippen LogP contribution in [0.5, 0.6) is 0 Å². The van der Waals surface area contributed by atoms with Crippen LogP contribution in [-0.4, -0.2) is 16.0 Å². The summed E-state index contributed by atoms with van der Waals surface area (Å²) in [6.07, 6.45) is -4.63. The molecule has 0 aliphatic heterocycles. The number of aromatic nitrogens is 2. The van der Waals surface area contributed by atoms with Gasteiger partial charge in [-0.05, 0) is 31.2 Å². The summed E-state index contributed by atoms with van der Waals surface area (Å²) >= 11 is 11.2. The highest BCUT2D eigenvalue weighted by molar-refractivity contribution is 6.31. The first-order valence-electron chi connectivity index (χ1n) is 7.11. The topological polar surface area (TPSA) is 66.9 Å². The van der Waals surface area contributed by atoms with Crippen LogP contribution in [0.3, 0.4) is 0 Å². The number of carbonyl (C=O) groups excluding carboxylic acids is 1. The van der Waals surface area contributed by atoms with Gasteiger partial charge < -0.3 is 5.32 Å². The number of anilines is 2. The lowest BCUT2D eigenvalue weighted by Gasteiger charge is -2.12. The van der Waals surface area contributed by atoms with Crippen LogP contribution in [0.4, 0.5) is 29.6 Å². The fourth-order valence-corrected chi connectivity index (χ4v) is 2.13. The van der Waals surface area contributed by atoms with Crippen molar-refractivity contribution in [3.05, 3.63) is 45.7 Å². The maximum Gasteiger partial charge on any atom is 0.417 e. The van der Waals surface area contributed by atoms with Crippen LogP contribution in [0.15, 0.2) is 24.3 Å². The highest BCUT2D eigenvalue weighted by atomic mass is 35.5. The van der Waals surface area contributed by atoms with Crippen molar-refractivity contribution in [1.29, 1.82) is 0 Å². The minimum atomic E-state index is -4.63. The predicted molar refractivity (Wildman–Crippen MR) is 92.2 cm³/mol. The van der Waals surface area contributed by atoms with E-state index in [0.717, 1.165) is 12.1 Å². The lowest BCUT2D eigenvalue weighted by Crippen LogP contribution is -2.21. The number of aryl methyl sites for hydroxylation is 1. The van der Waals surface area contributed by atoms with E-state index in [-0.39, 0.29) is 16.8 Å². The van der Waals surface area contributed by atoms with Gasteiger partial charge in [-0.1, -0.05) is 37.0 Å². The van der Waals surface area contributed by atoms with Gasteiger partial charge in [0.25, 0.3) is 0 Å². The van der Waals surface area contributed by atoms with Crippen molar-refractivity contribution in [3.8, 4) is 0 Å². The van der Waals surface area contributed by atoms with Gasteiger partial charge in [-0.2, -0.15) is 13.2 Å². The smallest absolute Gasteiger partial charge is 0.308 e. The van der Waals surface area contributed by atoms with Crippen molar-refractivity contribution in [2.45, 2.75) is 26.9 Å². The lowest BCUT2D eigenvalue weighted by atomic mass is 10.2. The molecule has 0 bridgehead atoms. The van der Waals surface area contributed by atoms with E-state index in [0.29, 0.717) is 5.69 Å². The Bertz CT molecular complexity index is 734. The van der Waals surface area contributed by atoms with E-state index in [1.165, 1.54) is 12.1 Å². The molecule has 10 heteroatoms. The molecule has 0 aliphatic carbocycles. The largest absolute Gasteiger partial charge is 0.417 e. The maximum atomic E-state index is 12.8. The van der Waals surface area contributed by atoms with E-state index >= 15 is 0 Å². The zero-order valence-electron chi connectivity index (χ0n) is 13.5. The molecule has 136 valence electrons. The quantitative estimate of drug-likeness (QED) is 0.634. The number of rotatable bonds is 2. The van der Waals surface area contributed by atoms with Crippen LogP contribution in [0, 0.1) is 6.92 Å². The molecule has 2 N–H and O–H groups in total. The number of hydrogen-bond acceptors (Lipinski definition) is 3. The highest BCUT2D eigenvalue weighted by Gasteiger charge is 2.33. The molecule has 2 rings (SSSR count). The SMILES string of the molecule is CC.Cc1cc(Cl)nc(NC(=O)Nc2ccc(Cl)c(C(F)(F)F)c2)n1. The van der Waals surface area contributed by atoms with Crippen LogP contribution in [0.1, 0.15) is 25.1 Å². The highest BCUT2D eigenvalue weighted by Crippen LogP contribution is 2.36. The first-order valence-corrected chi connectivity index (χ1v) is 7.86. The molecule has 0 fully saturated rings. The number of carbonyl (C=O) groups is 1. The Kier molecular flexibility index (Phi) is 7.44. The molecule has 2 aromatic rings. The summed E-state index contributed by atoms with van der Waals surface area (Å²) in [7, 11) is 0. The van der Waals surface area contributed by atoms with Gasteiger partial charge in [-0.15, -0.1) is 0 Å². The number of amides is 2. The number of nitrogens with one attached hydrogen (secondary N) is 2. The Labute approximate surface area is 152 Å². The Morgan fingerprint density at radius 1 is 1.08 bits per heavy atom. The first kappa shape index (κ1) is 21.0. The molecular formula is C15H15Cl2F3N4O. The van der Waals surface area contributed by atoms with E-state index in [2.05, 4.69) is 20.6 Å². The van der Waals surface area contributed by atoms with E-state index < -0.39 is 22.8 Å². The molecule has 2 amide bonds. The molecule has 1 heterocycles. The standard InChI is InChI=1S/C13H9Cl2F3N4O.C2H6/c1-6-4-10(15)21-11(19-6)22-12(23)20-7-2-3-9(14)8(5-7)13(16,17)18;1-2/h2-5H,1H3,(H2,19,20,21,22,23);1-2H3. The Morgan fingerprint density at radius 3 is 2.28 bits per heavy atom. The average molecular weight is 395 g/mol. The predicted octanol–water partition coefficient (Wildman–Crippen LogP) is 5.78. The second-order valence-electron chi connectivity index (χ2n) is 4.43. The minimum absolute atomic E-state index is 0.0718. The molecule has 0 saturated carbocycles. The normalized spacial score (nSPS) is 10.6. The second-order valence-corrected chi connectivity index (χ2v) is 5.22. The summed E-state index contributed by atoms with van der Waals surface area (Å²) < 4.78 is 38.3. The molecular weight excluding hydrogens is 380 g/mol. The van der Waals surface area contributed by atoms with Crippen LogP contribution in [0.2, 0.25) is 10.2 Å². The molecule has 0 saturated heterocycles. The minimum Gasteiger partial charge on any atom is -0.308 e. The molecule has 0 radical (unpaired) electrons. The third-order valence-electron chi connectivity index (χ3n) is 2.58. The van der Waals surface area contributed by atoms with Crippen molar-refractivity contribution in [2.75, 3.05) is 10.6 Å².